The maximum Gasteiger partial charge on any atom is 0.150 e. The summed E-state index contributed by atoms with van der Waals surface area (Å²) in [5, 5.41) is 0. The van der Waals surface area contributed by atoms with Crippen LogP contribution in [0.4, 0.5) is 5.82 Å². The Morgan fingerprint density at radius 2 is 1.68 bits per heavy atom. The number of hydrogen-bond acceptors (Lipinski definition) is 5. The molecule has 5 nitrogen and oxygen atoms in total. The van der Waals surface area contributed by atoms with Crippen molar-refractivity contribution >= 4 is 5.82 Å². The van der Waals surface area contributed by atoms with Crippen LogP contribution in [-0.2, 0) is 0 Å². The van der Waals surface area contributed by atoms with E-state index in [1.165, 1.54) is 44.7 Å². The molecule has 3 fully saturated rings. The van der Waals surface area contributed by atoms with Crippen molar-refractivity contribution in [3.8, 4) is 0 Å². The Kier molecular flexibility index (Phi) is 3.78. The van der Waals surface area contributed by atoms with Crippen molar-refractivity contribution in [2.45, 2.75) is 44.7 Å². The van der Waals surface area contributed by atoms with E-state index in [4.69, 9.17) is 0 Å². The van der Waals surface area contributed by atoms with Crippen molar-refractivity contribution in [2.75, 3.05) is 44.2 Å². The molecule has 0 atom stereocenters. The van der Waals surface area contributed by atoms with Crippen LogP contribution in [0.1, 0.15) is 38.3 Å². The molecule has 22 heavy (non-hydrogen) atoms. The predicted octanol–water partition coefficient (Wildman–Crippen LogP) is 1.57. The van der Waals surface area contributed by atoms with Gasteiger partial charge in [-0.15, -0.1) is 0 Å². The first-order chi connectivity index (χ1) is 10.7. The van der Waals surface area contributed by atoms with E-state index >= 15 is 0 Å². The zero-order valence-electron chi connectivity index (χ0n) is 13.8. The Morgan fingerprint density at radius 1 is 1.00 bits per heavy atom. The third kappa shape index (κ3) is 2.72. The quantitative estimate of drug-likeness (QED) is 0.843. The average molecular weight is 301 g/mol. The van der Waals surface area contributed by atoms with Gasteiger partial charge in [-0.2, -0.15) is 0 Å². The van der Waals surface area contributed by atoms with Gasteiger partial charge in [0, 0.05) is 69.7 Å². The van der Waals surface area contributed by atoms with Gasteiger partial charge in [0.05, 0.1) is 5.69 Å². The van der Waals surface area contributed by atoms with Crippen LogP contribution < -0.4 is 4.90 Å². The molecule has 2 aliphatic heterocycles. The second-order valence-corrected chi connectivity index (χ2v) is 7.26. The van der Waals surface area contributed by atoms with Crippen molar-refractivity contribution in [3.63, 3.8) is 0 Å². The van der Waals surface area contributed by atoms with Gasteiger partial charge >= 0.3 is 0 Å². The maximum atomic E-state index is 4.61. The van der Waals surface area contributed by atoms with E-state index in [0.29, 0.717) is 18.0 Å². The van der Waals surface area contributed by atoms with Crippen LogP contribution in [0.25, 0.3) is 0 Å². The second kappa shape index (κ2) is 5.78. The van der Waals surface area contributed by atoms with Crippen molar-refractivity contribution < 1.29 is 0 Å². The standard InChI is InChI=1S/C17H27N5/c1-13(2)20-7-9-21(10-8-20)15-11-22(12-15)17-16(14-3-4-14)18-5-6-19-17/h5-6,13-15H,3-4,7-12H2,1-2H3. The summed E-state index contributed by atoms with van der Waals surface area (Å²) in [6, 6.07) is 1.39. The predicted molar refractivity (Wildman–Crippen MR) is 88.3 cm³/mol. The topological polar surface area (TPSA) is 35.5 Å². The Bertz CT molecular complexity index is 514. The number of nitrogens with zero attached hydrogens (tertiary/aromatic N) is 5. The number of piperazine rings is 1. The summed E-state index contributed by atoms with van der Waals surface area (Å²) in [6.07, 6.45) is 6.27. The lowest BCUT2D eigenvalue weighted by molar-refractivity contribution is 0.0676. The highest BCUT2D eigenvalue weighted by Gasteiger charge is 2.37. The fourth-order valence-corrected chi connectivity index (χ4v) is 3.71. The normalized spacial score (nSPS) is 24.8. The zero-order valence-corrected chi connectivity index (χ0v) is 13.8. The SMILES string of the molecule is CC(C)N1CCN(C2CN(c3nccnc3C3CC3)C2)CC1. The van der Waals surface area contributed by atoms with Crippen molar-refractivity contribution in [1.82, 2.24) is 19.8 Å². The Labute approximate surface area is 133 Å². The smallest absolute Gasteiger partial charge is 0.150 e. The summed E-state index contributed by atoms with van der Waals surface area (Å²) in [6.45, 7) is 11.7. The number of hydrogen-bond donors (Lipinski definition) is 0. The molecular weight excluding hydrogens is 274 g/mol. The van der Waals surface area contributed by atoms with Gasteiger partial charge in [0.1, 0.15) is 0 Å². The fraction of sp³-hybridized carbons (Fsp3) is 0.765. The van der Waals surface area contributed by atoms with E-state index in [9.17, 15) is 0 Å². The minimum atomic E-state index is 0.678. The average Bonchev–Trinajstić information content (AvgIpc) is 3.31. The van der Waals surface area contributed by atoms with Crippen LogP contribution in [0.3, 0.4) is 0 Å². The lowest BCUT2D eigenvalue weighted by Crippen LogP contribution is -2.64. The van der Waals surface area contributed by atoms with Gasteiger partial charge in [-0.25, -0.2) is 4.98 Å². The molecule has 1 aromatic rings. The lowest BCUT2D eigenvalue weighted by Gasteiger charge is -2.49. The fourth-order valence-electron chi connectivity index (χ4n) is 3.71. The first-order valence-electron chi connectivity index (χ1n) is 8.76. The third-order valence-corrected chi connectivity index (χ3v) is 5.43. The molecule has 3 aliphatic rings. The van der Waals surface area contributed by atoms with Crippen LogP contribution in [0.2, 0.25) is 0 Å². The summed E-state index contributed by atoms with van der Waals surface area (Å²) in [4.78, 5) is 16.9. The van der Waals surface area contributed by atoms with Crippen molar-refractivity contribution in [3.05, 3.63) is 18.1 Å². The van der Waals surface area contributed by atoms with Crippen molar-refractivity contribution in [2.24, 2.45) is 0 Å². The molecule has 0 radical (unpaired) electrons. The minimum Gasteiger partial charge on any atom is -0.352 e. The molecule has 0 bridgehead atoms. The molecular formula is C17H27N5. The van der Waals surface area contributed by atoms with Gasteiger partial charge in [0.25, 0.3) is 0 Å². The van der Waals surface area contributed by atoms with Crippen LogP contribution >= 0.6 is 0 Å². The molecule has 0 unspecified atom stereocenters. The highest BCUT2D eigenvalue weighted by Crippen LogP contribution is 2.43. The summed E-state index contributed by atoms with van der Waals surface area (Å²) >= 11 is 0. The minimum absolute atomic E-state index is 0.678. The molecule has 120 valence electrons. The third-order valence-electron chi connectivity index (χ3n) is 5.43. The van der Waals surface area contributed by atoms with E-state index in [-0.39, 0.29) is 0 Å². The molecule has 0 aromatic carbocycles. The molecule has 3 heterocycles. The van der Waals surface area contributed by atoms with Gasteiger partial charge in [-0.3, -0.25) is 14.8 Å². The van der Waals surface area contributed by atoms with E-state index < -0.39 is 0 Å². The van der Waals surface area contributed by atoms with E-state index in [0.717, 1.165) is 18.9 Å². The van der Waals surface area contributed by atoms with Crippen LogP contribution in [0.15, 0.2) is 12.4 Å². The molecule has 5 heteroatoms. The number of anilines is 1. The largest absolute Gasteiger partial charge is 0.352 e. The van der Waals surface area contributed by atoms with Gasteiger partial charge in [0.15, 0.2) is 5.82 Å². The first-order valence-corrected chi connectivity index (χ1v) is 8.76. The maximum absolute atomic E-state index is 4.61. The van der Waals surface area contributed by atoms with E-state index in [2.05, 4.69) is 38.5 Å². The molecule has 1 saturated carbocycles. The van der Waals surface area contributed by atoms with E-state index in [1.54, 1.807) is 0 Å². The monoisotopic (exact) mass is 301 g/mol. The Balaban J connectivity index is 1.33. The van der Waals surface area contributed by atoms with E-state index in [1.807, 2.05) is 12.4 Å². The van der Waals surface area contributed by atoms with Crippen molar-refractivity contribution in [1.29, 1.82) is 0 Å². The second-order valence-electron chi connectivity index (χ2n) is 7.26. The Hall–Kier alpha value is -1.20. The number of aromatic nitrogens is 2. The van der Waals surface area contributed by atoms with Gasteiger partial charge in [0.2, 0.25) is 0 Å². The molecule has 1 aromatic heterocycles. The zero-order chi connectivity index (χ0) is 15.1. The van der Waals surface area contributed by atoms with Gasteiger partial charge in [-0.1, -0.05) is 0 Å². The summed E-state index contributed by atoms with van der Waals surface area (Å²) < 4.78 is 0. The van der Waals surface area contributed by atoms with Crippen LogP contribution in [0.5, 0.6) is 0 Å². The highest BCUT2D eigenvalue weighted by molar-refractivity contribution is 5.49. The van der Waals surface area contributed by atoms with Crippen LogP contribution in [-0.4, -0.2) is 71.1 Å². The summed E-state index contributed by atoms with van der Waals surface area (Å²) in [5.41, 5.74) is 1.24. The van der Waals surface area contributed by atoms with Gasteiger partial charge < -0.3 is 4.90 Å². The first kappa shape index (κ1) is 14.4. The highest BCUT2D eigenvalue weighted by atomic mass is 15.4. The molecule has 0 N–H and O–H groups in total. The van der Waals surface area contributed by atoms with Crippen LogP contribution in [0, 0.1) is 0 Å². The summed E-state index contributed by atoms with van der Waals surface area (Å²) in [5.74, 6) is 1.83. The molecule has 1 aliphatic carbocycles. The molecule has 0 spiro atoms. The number of rotatable bonds is 4. The van der Waals surface area contributed by atoms with Gasteiger partial charge in [-0.05, 0) is 26.7 Å². The molecule has 4 rings (SSSR count). The molecule has 2 saturated heterocycles. The summed E-state index contributed by atoms with van der Waals surface area (Å²) in [7, 11) is 0. The molecule has 0 amide bonds. The lowest BCUT2D eigenvalue weighted by atomic mass is 10.0. The Morgan fingerprint density at radius 3 is 2.32 bits per heavy atom.